The van der Waals surface area contributed by atoms with E-state index < -0.39 is 0 Å². The van der Waals surface area contributed by atoms with Crippen LogP contribution in [0.15, 0.2) is 28.9 Å². The quantitative estimate of drug-likeness (QED) is 0.749. The molecule has 0 aliphatic heterocycles. The molecule has 1 aromatic carbocycles. The smallest absolute Gasteiger partial charge is 0.0965 e. The van der Waals surface area contributed by atoms with Crippen molar-refractivity contribution in [2.45, 2.75) is 11.8 Å². The minimum Gasteiger partial charge on any atom is -0.219 e. The highest BCUT2D eigenvalue weighted by molar-refractivity contribution is 9.10. The Kier molecular flexibility index (Phi) is 3.66. The van der Waals surface area contributed by atoms with Crippen molar-refractivity contribution in [3.05, 3.63) is 39.6 Å². The van der Waals surface area contributed by atoms with E-state index in [4.69, 9.17) is 11.6 Å². The summed E-state index contributed by atoms with van der Waals surface area (Å²) in [6, 6.07) is 5.54. The summed E-state index contributed by atoms with van der Waals surface area (Å²) < 4.78 is 2.60. The summed E-state index contributed by atoms with van der Waals surface area (Å²) >= 11 is 12.8. The lowest BCUT2D eigenvalue weighted by Gasteiger charge is -2.03. The lowest BCUT2D eigenvalue weighted by Crippen LogP contribution is -1.95. The molecule has 2 aromatic rings. The summed E-state index contributed by atoms with van der Waals surface area (Å²) in [7, 11) is 0. The van der Waals surface area contributed by atoms with Crippen molar-refractivity contribution in [3.8, 4) is 5.69 Å². The fourth-order valence-corrected chi connectivity index (χ4v) is 2.32. The van der Waals surface area contributed by atoms with Gasteiger partial charge in [0.15, 0.2) is 0 Å². The van der Waals surface area contributed by atoms with E-state index in [-0.39, 0.29) is 4.83 Å². The maximum atomic E-state index is 5.88. The number of rotatable bonds is 2. The Labute approximate surface area is 115 Å². The van der Waals surface area contributed by atoms with Crippen LogP contribution in [0.4, 0.5) is 0 Å². The molecule has 0 aliphatic carbocycles. The Balaban J connectivity index is 2.42. The number of hydrogen-bond donors (Lipinski definition) is 0. The topological polar surface area (TPSA) is 30.7 Å². The van der Waals surface area contributed by atoms with Crippen molar-refractivity contribution in [1.82, 2.24) is 15.0 Å². The molecular weight excluding hydrogens is 357 g/mol. The minimum atomic E-state index is 0.187. The molecule has 0 bridgehead atoms. The van der Waals surface area contributed by atoms with Gasteiger partial charge < -0.3 is 0 Å². The zero-order chi connectivity index (χ0) is 11.7. The molecule has 6 heteroatoms. The van der Waals surface area contributed by atoms with Gasteiger partial charge in [-0.15, -0.1) is 5.10 Å². The second-order valence-corrected chi connectivity index (χ2v) is 5.96. The SMILES string of the molecule is CC(Br)c1cn(-c2ccc(Cl)cc2Br)nn1. The van der Waals surface area contributed by atoms with Gasteiger partial charge in [-0.05, 0) is 41.1 Å². The molecule has 0 aliphatic rings. The molecule has 0 saturated heterocycles. The van der Waals surface area contributed by atoms with Crippen LogP contribution in [0.25, 0.3) is 5.69 Å². The number of nitrogens with zero attached hydrogens (tertiary/aromatic N) is 3. The number of alkyl halides is 1. The predicted octanol–water partition coefficient (Wildman–Crippen LogP) is 4.14. The zero-order valence-corrected chi connectivity index (χ0v) is 12.3. The number of hydrogen-bond acceptors (Lipinski definition) is 2. The molecule has 0 N–H and O–H groups in total. The van der Waals surface area contributed by atoms with E-state index in [2.05, 4.69) is 42.2 Å². The average molecular weight is 365 g/mol. The van der Waals surface area contributed by atoms with Gasteiger partial charge in [-0.2, -0.15) is 0 Å². The molecule has 16 heavy (non-hydrogen) atoms. The lowest BCUT2D eigenvalue weighted by molar-refractivity contribution is 0.795. The molecule has 1 atom stereocenters. The first-order valence-electron chi connectivity index (χ1n) is 4.59. The molecule has 1 unspecified atom stereocenters. The molecule has 0 fully saturated rings. The van der Waals surface area contributed by atoms with Gasteiger partial charge in [0.2, 0.25) is 0 Å². The van der Waals surface area contributed by atoms with E-state index >= 15 is 0 Å². The molecule has 1 heterocycles. The third kappa shape index (κ3) is 2.47. The van der Waals surface area contributed by atoms with Gasteiger partial charge in [0.1, 0.15) is 0 Å². The lowest BCUT2D eigenvalue weighted by atomic mass is 10.3. The molecule has 1 aromatic heterocycles. The van der Waals surface area contributed by atoms with Gasteiger partial charge in [-0.3, -0.25) is 0 Å². The largest absolute Gasteiger partial charge is 0.219 e. The summed E-state index contributed by atoms with van der Waals surface area (Å²) in [5.74, 6) is 0. The van der Waals surface area contributed by atoms with Gasteiger partial charge in [0.05, 0.1) is 22.4 Å². The molecule has 3 nitrogen and oxygen atoms in total. The molecule has 0 radical (unpaired) electrons. The summed E-state index contributed by atoms with van der Waals surface area (Å²) in [4.78, 5) is 0.187. The van der Waals surface area contributed by atoms with Crippen LogP contribution in [-0.4, -0.2) is 15.0 Å². The first-order valence-corrected chi connectivity index (χ1v) is 6.68. The third-order valence-corrected chi connectivity index (χ3v) is 3.41. The first-order chi connectivity index (χ1) is 7.58. The molecule has 2 rings (SSSR count). The summed E-state index contributed by atoms with van der Waals surface area (Å²) in [6.07, 6.45) is 1.88. The van der Waals surface area contributed by atoms with E-state index in [0.29, 0.717) is 5.02 Å². The van der Waals surface area contributed by atoms with Gasteiger partial charge in [-0.1, -0.05) is 32.7 Å². The molecular formula is C10H8Br2ClN3. The monoisotopic (exact) mass is 363 g/mol. The Morgan fingerprint density at radius 3 is 2.75 bits per heavy atom. The third-order valence-electron chi connectivity index (χ3n) is 2.08. The molecule has 84 valence electrons. The maximum Gasteiger partial charge on any atom is 0.0965 e. The van der Waals surface area contributed by atoms with Crippen LogP contribution in [0.2, 0.25) is 5.02 Å². The van der Waals surface area contributed by atoms with Gasteiger partial charge >= 0.3 is 0 Å². The molecule has 0 amide bonds. The number of aromatic nitrogens is 3. The second-order valence-electron chi connectivity index (χ2n) is 3.30. The van der Waals surface area contributed by atoms with Crippen molar-refractivity contribution < 1.29 is 0 Å². The summed E-state index contributed by atoms with van der Waals surface area (Å²) in [5.41, 5.74) is 1.80. The molecule has 0 saturated carbocycles. The van der Waals surface area contributed by atoms with Crippen molar-refractivity contribution in [2.24, 2.45) is 0 Å². The van der Waals surface area contributed by atoms with Crippen molar-refractivity contribution in [2.75, 3.05) is 0 Å². The van der Waals surface area contributed by atoms with Crippen LogP contribution in [0.5, 0.6) is 0 Å². The van der Waals surface area contributed by atoms with Crippen LogP contribution < -0.4 is 0 Å². The van der Waals surface area contributed by atoms with E-state index in [9.17, 15) is 0 Å². The van der Waals surface area contributed by atoms with E-state index in [1.165, 1.54) is 0 Å². The van der Waals surface area contributed by atoms with Gasteiger partial charge in [0.25, 0.3) is 0 Å². The highest BCUT2D eigenvalue weighted by atomic mass is 79.9. The Morgan fingerprint density at radius 1 is 1.44 bits per heavy atom. The fraction of sp³-hybridized carbons (Fsp3) is 0.200. The second kappa shape index (κ2) is 4.85. The predicted molar refractivity (Wildman–Crippen MR) is 71.4 cm³/mol. The van der Waals surface area contributed by atoms with E-state index in [1.807, 2.05) is 31.3 Å². The number of benzene rings is 1. The Bertz CT molecular complexity index is 511. The van der Waals surface area contributed by atoms with Crippen LogP contribution in [0.1, 0.15) is 17.4 Å². The Morgan fingerprint density at radius 2 is 2.19 bits per heavy atom. The van der Waals surface area contributed by atoms with Crippen LogP contribution in [0.3, 0.4) is 0 Å². The van der Waals surface area contributed by atoms with Crippen molar-refractivity contribution in [1.29, 1.82) is 0 Å². The minimum absolute atomic E-state index is 0.187. The zero-order valence-electron chi connectivity index (χ0n) is 8.36. The maximum absolute atomic E-state index is 5.88. The highest BCUT2D eigenvalue weighted by Gasteiger charge is 2.09. The normalized spacial score (nSPS) is 12.8. The van der Waals surface area contributed by atoms with E-state index in [0.717, 1.165) is 15.9 Å². The summed E-state index contributed by atoms with van der Waals surface area (Å²) in [5, 5.41) is 8.81. The first kappa shape index (κ1) is 12.1. The van der Waals surface area contributed by atoms with Crippen molar-refractivity contribution in [3.63, 3.8) is 0 Å². The van der Waals surface area contributed by atoms with Gasteiger partial charge in [-0.25, -0.2) is 4.68 Å². The number of halogens is 3. The average Bonchev–Trinajstić information content (AvgIpc) is 2.66. The standard InChI is InChI=1S/C10H8Br2ClN3/c1-6(11)9-5-16(15-14-9)10-3-2-7(13)4-8(10)12/h2-6H,1H3. The van der Waals surface area contributed by atoms with Crippen LogP contribution >= 0.6 is 43.5 Å². The van der Waals surface area contributed by atoms with Crippen LogP contribution in [0, 0.1) is 0 Å². The Hall–Kier alpha value is -0.390. The highest BCUT2D eigenvalue weighted by Crippen LogP contribution is 2.25. The fourth-order valence-electron chi connectivity index (χ4n) is 1.24. The summed E-state index contributed by atoms with van der Waals surface area (Å²) in [6.45, 7) is 2.01. The van der Waals surface area contributed by atoms with Gasteiger partial charge in [0, 0.05) is 9.50 Å². The van der Waals surface area contributed by atoms with Crippen molar-refractivity contribution >= 4 is 43.5 Å². The van der Waals surface area contributed by atoms with Crippen LogP contribution in [-0.2, 0) is 0 Å². The molecule has 0 spiro atoms. The van der Waals surface area contributed by atoms with E-state index in [1.54, 1.807) is 4.68 Å².